The van der Waals surface area contributed by atoms with Crippen LogP contribution >= 0.6 is 0 Å². The van der Waals surface area contributed by atoms with Crippen molar-refractivity contribution < 1.29 is 19.0 Å². The first-order chi connectivity index (χ1) is 8.74. The van der Waals surface area contributed by atoms with Gasteiger partial charge in [0.1, 0.15) is 6.79 Å². The van der Waals surface area contributed by atoms with Gasteiger partial charge >= 0.3 is 5.97 Å². The fraction of sp³-hybridized carbons (Fsp3) is 0.500. The minimum Gasteiger partial charge on any atom is -0.469 e. The number of hydrogen-bond donors (Lipinski definition) is 0. The number of carbonyl (C=O) groups excluding carboxylic acids is 1. The van der Waals surface area contributed by atoms with E-state index < -0.39 is 0 Å². The maximum absolute atomic E-state index is 11.7. The Kier molecular flexibility index (Phi) is 3.99. The highest BCUT2D eigenvalue weighted by molar-refractivity contribution is 5.79. The summed E-state index contributed by atoms with van der Waals surface area (Å²) in [5.74, 6) is -0.276. The van der Waals surface area contributed by atoms with Gasteiger partial charge in [-0.1, -0.05) is 30.3 Å². The zero-order valence-corrected chi connectivity index (χ0v) is 10.7. The number of esters is 1. The molecule has 0 aromatic heterocycles. The van der Waals surface area contributed by atoms with Crippen LogP contribution in [-0.2, 0) is 24.4 Å². The number of ether oxygens (including phenoxy) is 3. The summed E-state index contributed by atoms with van der Waals surface area (Å²) in [6.45, 7) is 0.715. The zero-order valence-electron chi connectivity index (χ0n) is 10.7. The van der Waals surface area contributed by atoms with Gasteiger partial charge in [0, 0.05) is 12.5 Å². The molecule has 0 saturated heterocycles. The van der Waals surface area contributed by atoms with Gasteiger partial charge in [-0.25, -0.2) is 0 Å². The fourth-order valence-electron chi connectivity index (χ4n) is 2.40. The highest BCUT2D eigenvalue weighted by atomic mass is 16.7. The Labute approximate surface area is 107 Å². The van der Waals surface area contributed by atoms with Gasteiger partial charge in [0.25, 0.3) is 0 Å². The molecule has 18 heavy (non-hydrogen) atoms. The van der Waals surface area contributed by atoms with E-state index in [2.05, 4.69) is 0 Å². The van der Waals surface area contributed by atoms with E-state index in [0.29, 0.717) is 6.61 Å². The molecule has 2 rings (SSSR count). The summed E-state index contributed by atoms with van der Waals surface area (Å²) in [5.41, 5.74) is 0.879. The van der Waals surface area contributed by atoms with Crippen molar-refractivity contribution in [2.24, 2.45) is 5.92 Å². The lowest BCUT2D eigenvalue weighted by atomic mass is 9.94. The lowest BCUT2D eigenvalue weighted by Crippen LogP contribution is -2.23. The summed E-state index contributed by atoms with van der Waals surface area (Å²) in [6.07, 6.45) is 0.771. The Morgan fingerprint density at radius 2 is 2.06 bits per heavy atom. The number of methoxy groups -OCH3 is 2. The number of rotatable bonds is 6. The molecule has 1 aliphatic carbocycles. The molecular weight excluding hydrogens is 232 g/mol. The Hall–Kier alpha value is -1.39. The molecule has 0 bridgehead atoms. The van der Waals surface area contributed by atoms with Crippen molar-refractivity contribution in [3.8, 4) is 0 Å². The second-order valence-corrected chi connectivity index (χ2v) is 4.56. The van der Waals surface area contributed by atoms with Crippen molar-refractivity contribution in [1.29, 1.82) is 0 Å². The standard InChI is InChI=1S/C14H18O4/c1-16-10-18-9-14(8-12(14)13(15)17-2)11-6-4-3-5-7-11/h3-7,12H,8-10H2,1-2H3/t12-,14+/m0/s1. The van der Waals surface area contributed by atoms with E-state index in [1.807, 2.05) is 30.3 Å². The molecule has 1 aromatic rings. The third-order valence-electron chi connectivity index (χ3n) is 3.47. The van der Waals surface area contributed by atoms with Crippen LogP contribution in [0.5, 0.6) is 0 Å². The van der Waals surface area contributed by atoms with E-state index in [9.17, 15) is 4.79 Å². The van der Waals surface area contributed by atoms with Gasteiger partial charge in [0.15, 0.2) is 0 Å². The van der Waals surface area contributed by atoms with E-state index >= 15 is 0 Å². The molecule has 4 heteroatoms. The summed E-state index contributed by atoms with van der Waals surface area (Å²) >= 11 is 0. The quantitative estimate of drug-likeness (QED) is 0.438. The van der Waals surface area contributed by atoms with Crippen molar-refractivity contribution in [2.45, 2.75) is 11.8 Å². The predicted octanol–water partition coefficient (Wildman–Crippen LogP) is 1.74. The lowest BCUT2D eigenvalue weighted by Gasteiger charge is -2.17. The molecule has 4 nitrogen and oxygen atoms in total. The zero-order chi connectivity index (χ0) is 13.0. The van der Waals surface area contributed by atoms with Crippen molar-refractivity contribution in [2.75, 3.05) is 27.6 Å². The Morgan fingerprint density at radius 1 is 1.33 bits per heavy atom. The summed E-state index contributed by atoms with van der Waals surface area (Å²) in [5, 5.41) is 0. The average Bonchev–Trinajstić information content (AvgIpc) is 3.15. The summed E-state index contributed by atoms with van der Waals surface area (Å²) < 4.78 is 15.2. The van der Waals surface area contributed by atoms with Gasteiger partial charge in [-0.2, -0.15) is 0 Å². The second kappa shape index (κ2) is 5.50. The largest absolute Gasteiger partial charge is 0.469 e. The van der Waals surface area contributed by atoms with E-state index in [0.717, 1.165) is 12.0 Å². The molecular formula is C14H18O4. The first-order valence-corrected chi connectivity index (χ1v) is 5.94. The van der Waals surface area contributed by atoms with Crippen LogP contribution in [0.2, 0.25) is 0 Å². The second-order valence-electron chi connectivity index (χ2n) is 4.56. The van der Waals surface area contributed by atoms with Crippen molar-refractivity contribution >= 4 is 5.97 Å². The van der Waals surface area contributed by atoms with Crippen molar-refractivity contribution in [3.63, 3.8) is 0 Å². The number of benzene rings is 1. The van der Waals surface area contributed by atoms with Gasteiger partial charge in [-0.3, -0.25) is 4.79 Å². The Bertz CT molecular complexity index is 404. The van der Waals surface area contributed by atoms with Gasteiger partial charge in [0.05, 0.1) is 19.6 Å². The van der Waals surface area contributed by atoms with Gasteiger partial charge < -0.3 is 14.2 Å². The molecule has 0 unspecified atom stereocenters. The average molecular weight is 250 g/mol. The molecule has 1 fully saturated rings. The Balaban J connectivity index is 2.13. The predicted molar refractivity (Wildman–Crippen MR) is 66.1 cm³/mol. The molecule has 0 spiro atoms. The van der Waals surface area contributed by atoms with E-state index in [-0.39, 0.29) is 24.1 Å². The van der Waals surface area contributed by atoms with Crippen molar-refractivity contribution in [3.05, 3.63) is 35.9 Å². The lowest BCUT2D eigenvalue weighted by molar-refractivity contribution is -0.143. The van der Waals surface area contributed by atoms with Crippen LogP contribution < -0.4 is 0 Å². The first kappa shape index (κ1) is 13.1. The maximum atomic E-state index is 11.7. The maximum Gasteiger partial charge on any atom is 0.309 e. The van der Waals surface area contributed by atoms with Gasteiger partial charge in [-0.05, 0) is 12.0 Å². The van der Waals surface area contributed by atoms with Crippen LogP contribution in [0.15, 0.2) is 30.3 Å². The van der Waals surface area contributed by atoms with E-state index in [1.165, 1.54) is 7.11 Å². The summed E-state index contributed by atoms with van der Waals surface area (Å²) in [7, 11) is 3.01. The Morgan fingerprint density at radius 3 is 2.67 bits per heavy atom. The molecule has 2 atom stereocenters. The smallest absolute Gasteiger partial charge is 0.309 e. The van der Waals surface area contributed by atoms with E-state index in [1.54, 1.807) is 7.11 Å². The summed E-state index contributed by atoms with van der Waals surface area (Å²) in [6, 6.07) is 9.96. The van der Waals surface area contributed by atoms with Crippen LogP contribution in [0.3, 0.4) is 0 Å². The van der Waals surface area contributed by atoms with Crippen LogP contribution in [0.4, 0.5) is 0 Å². The highest BCUT2D eigenvalue weighted by Crippen LogP contribution is 2.55. The molecule has 0 aliphatic heterocycles. The normalized spacial score (nSPS) is 25.8. The monoisotopic (exact) mass is 250 g/mol. The summed E-state index contributed by atoms with van der Waals surface area (Å²) in [4.78, 5) is 11.7. The molecule has 0 radical (unpaired) electrons. The van der Waals surface area contributed by atoms with E-state index in [4.69, 9.17) is 14.2 Å². The number of carbonyl (C=O) groups is 1. The van der Waals surface area contributed by atoms with Gasteiger partial charge in [0.2, 0.25) is 0 Å². The molecule has 0 heterocycles. The minimum absolute atomic E-state index is 0.109. The molecule has 0 N–H and O–H groups in total. The number of hydrogen-bond acceptors (Lipinski definition) is 4. The third kappa shape index (κ3) is 2.40. The topological polar surface area (TPSA) is 44.8 Å². The van der Waals surface area contributed by atoms with Crippen molar-refractivity contribution in [1.82, 2.24) is 0 Å². The molecule has 98 valence electrons. The molecule has 0 amide bonds. The van der Waals surface area contributed by atoms with Crippen LogP contribution in [0.25, 0.3) is 0 Å². The highest BCUT2D eigenvalue weighted by Gasteiger charge is 2.60. The minimum atomic E-state index is -0.243. The fourth-order valence-corrected chi connectivity index (χ4v) is 2.40. The first-order valence-electron chi connectivity index (χ1n) is 5.94. The molecule has 1 saturated carbocycles. The van der Waals surface area contributed by atoms with Crippen LogP contribution in [0, 0.1) is 5.92 Å². The van der Waals surface area contributed by atoms with Crippen LogP contribution in [-0.4, -0.2) is 33.6 Å². The molecule has 1 aromatic carbocycles. The van der Waals surface area contributed by atoms with Gasteiger partial charge in [-0.15, -0.1) is 0 Å². The third-order valence-corrected chi connectivity index (χ3v) is 3.47. The van der Waals surface area contributed by atoms with Crippen LogP contribution in [0.1, 0.15) is 12.0 Å². The SMILES string of the molecule is COCOC[C@@]1(c2ccccc2)C[C@H]1C(=O)OC. The molecule has 1 aliphatic rings.